The SMILES string of the molecule is CCC1COCCN1C(=O)N[C@H](C)c1ccc(Cl)cc1Cl. The Morgan fingerprint density at radius 1 is 1.52 bits per heavy atom. The largest absolute Gasteiger partial charge is 0.377 e. The number of hydrogen-bond donors (Lipinski definition) is 1. The van der Waals surface area contributed by atoms with E-state index in [0.29, 0.717) is 29.8 Å². The Balaban J connectivity index is 2.04. The third kappa shape index (κ3) is 4.02. The van der Waals surface area contributed by atoms with Gasteiger partial charge in [-0.3, -0.25) is 0 Å². The van der Waals surface area contributed by atoms with Crippen LogP contribution in [-0.4, -0.2) is 36.7 Å². The Morgan fingerprint density at radius 2 is 2.29 bits per heavy atom. The topological polar surface area (TPSA) is 41.6 Å². The van der Waals surface area contributed by atoms with Crippen LogP contribution in [0.4, 0.5) is 4.79 Å². The molecule has 1 fully saturated rings. The molecule has 0 radical (unpaired) electrons. The Hall–Kier alpha value is -0.970. The predicted octanol–water partition coefficient (Wildman–Crippen LogP) is 3.87. The number of amides is 2. The summed E-state index contributed by atoms with van der Waals surface area (Å²) in [6.07, 6.45) is 0.878. The smallest absolute Gasteiger partial charge is 0.318 e. The molecule has 1 saturated heterocycles. The highest BCUT2D eigenvalue weighted by Crippen LogP contribution is 2.26. The summed E-state index contributed by atoms with van der Waals surface area (Å²) in [5, 5.41) is 4.14. The first-order chi connectivity index (χ1) is 10.0. The van der Waals surface area contributed by atoms with E-state index in [1.165, 1.54) is 0 Å². The maximum Gasteiger partial charge on any atom is 0.318 e. The van der Waals surface area contributed by atoms with Crippen molar-refractivity contribution in [2.75, 3.05) is 19.8 Å². The predicted molar refractivity (Wildman–Crippen MR) is 85.0 cm³/mol. The van der Waals surface area contributed by atoms with E-state index in [0.717, 1.165) is 12.0 Å². The molecular formula is C15H20Cl2N2O2. The van der Waals surface area contributed by atoms with Crippen LogP contribution in [-0.2, 0) is 4.74 Å². The minimum absolute atomic E-state index is 0.0799. The minimum atomic E-state index is -0.178. The lowest BCUT2D eigenvalue weighted by molar-refractivity contribution is 0.0108. The van der Waals surface area contributed by atoms with Crippen molar-refractivity contribution in [3.8, 4) is 0 Å². The molecule has 116 valence electrons. The number of rotatable bonds is 3. The van der Waals surface area contributed by atoms with E-state index in [9.17, 15) is 4.79 Å². The third-order valence-electron chi connectivity index (χ3n) is 3.73. The monoisotopic (exact) mass is 330 g/mol. The highest BCUT2D eigenvalue weighted by Gasteiger charge is 2.27. The maximum atomic E-state index is 12.4. The number of morpholine rings is 1. The highest BCUT2D eigenvalue weighted by molar-refractivity contribution is 6.35. The molecule has 1 N–H and O–H groups in total. The molecule has 0 saturated carbocycles. The van der Waals surface area contributed by atoms with Crippen molar-refractivity contribution in [2.45, 2.75) is 32.4 Å². The quantitative estimate of drug-likeness (QED) is 0.913. The van der Waals surface area contributed by atoms with Gasteiger partial charge in [0.15, 0.2) is 0 Å². The first kappa shape index (κ1) is 16.4. The van der Waals surface area contributed by atoms with Crippen LogP contribution in [0.15, 0.2) is 18.2 Å². The van der Waals surface area contributed by atoms with Crippen molar-refractivity contribution in [1.29, 1.82) is 0 Å². The average molecular weight is 331 g/mol. The molecule has 2 atom stereocenters. The summed E-state index contributed by atoms with van der Waals surface area (Å²) in [7, 11) is 0. The van der Waals surface area contributed by atoms with Crippen LogP contribution in [0.5, 0.6) is 0 Å². The molecule has 1 aromatic rings. The molecule has 4 nitrogen and oxygen atoms in total. The van der Waals surface area contributed by atoms with Crippen molar-refractivity contribution >= 4 is 29.2 Å². The summed E-state index contributed by atoms with van der Waals surface area (Å²) in [5.41, 5.74) is 0.857. The van der Waals surface area contributed by atoms with E-state index in [1.807, 2.05) is 17.9 Å². The van der Waals surface area contributed by atoms with Crippen molar-refractivity contribution in [3.63, 3.8) is 0 Å². The zero-order chi connectivity index (χ0) is 15.4. The number of nitrogens with one attached hydrogen (secondary N) is 1. The molecule has 0 aliphatic carbocycles. The molecule has 1 aliphatic heterocycles. The fourth-order valence-electron chi connectivity index (χ4n) is 2.46. The molecule has 2 rings (SSSR count). The van der Waals surface area contributed by atoms with Crippen molar-refractivity contribution < 1.29 is 9.53 Å². The molecule has 0 aromatic heterocycles. The van der Waals surface area contributed by atoms with Gasteiger partial charge in [-0.25, -0.2) is 4.79 Å². The zero-order valence-electron chi connectivity index (χ0n) is 12.2. The number of ether oxygens (including phenoxy) is 1. The summed E-state index contributed by atoms with van der Waals surface area (Å²) in [6.45, 7) is 5.76. The van der Waals surface area contributed by atoms with E-state index in [1.54, 1.807) is 12.1 Å². The van der Waals surface area contributed by atoms with Gasteiger partial charge in [-0.1, -0.05) is 36.2 Å². The molecule has 21 heavy (non-hydrogen) atoms. The van der Waals surface area contributed by atoms with Crippen molar-refractivity contribution in [2.24, 2.45) is 0 Å². The van der Waals surface area contributed by atoms with Crippen LogP contribution in [0.1, 0.15) is 31.9 Å². The first-order valence-corrected chi connectivity index (χ1v) is 7.88. The summed E-state index contributed by atoms with van der Waals surface area (Å²) < 4.78 is 5.42. The number of benzene rings is 1. The van der Waals surface area contributed by atoms with Crippen molar-refractivity contribution in [1.82, 2.24) is 10.2 Å². The fraction of sp³-hybridized carbons (Fsp3) is 0.533. The second kappa shape index (κ2) is 7.34. The number of nitrogens with zero attached hydrogens (tertiary/aromatic N) is 1. The second-order valence-electron chi connectivity index (χ2n) is 5.17. The fourth-order valence-corrected chi connectivity index (χ4v) is 3.03. The molecule has 1 heterocycles. The van der Waals surface area contributed by atoms with Crippen LogP contribution < -0.4 is 5.32 Å². The molecular weight excluding hydrogens is 311 g/mol. The lowest BCUT2D eigenvalue weighted by Gasteiger charge is -2.35. The minimum Gasteiger partial charge on any atom is -0.377 e. The lowest BCUT2D eigenvalue weighted by Crippen LogP contribution is -2.52. The second-order valence-corrected chi connectivity index (χ2v) is 6.01. The van der Waals surface area contributed by atoms with E-state index in [2.05, 4.69) is 12.2 Å². The average Bonchev–Trinajstić information content (AvgIpc) is 2.46. The van der Waals surface area contributed by atoms with Gasteiger partial charge in [0.1, 0.15) is 0 Å². The Kier molecular flexibility index (Phi) is 5.73. The van der Waals surface area contributed by atoms with Gasteiger partial charge in [0.05, 0.1) is 25.3 Å². The van der Waals surface area contributed by atoms with Crippen LogP contribution in [0.2, 0.25) is 10.0 Å². The van der Waals surface area contributed by atoms with Gasteiger partial charge < -0.3 is 15.0 Å². The summed E-state index contributed by atoms with van der Waals surface area (Å²) >= 11 is 12.1. The van der Waals surface area contributed by atoms with Gasteiger partial charge in [-0.15, -0.1) is 0 Å². The van der Waals surface area contributed by atoms with E-state index in [4.69, 9.17) is 27.9 Å². The molecule has 0 spiro atoms. The summed E-state index contributed by atoms with van der Waals surface area (Å²) in [4.78, 5) is 14.3. The lowest BCUT2D eigenvalue weighted by atomic mass is 10.1. The van der Waals surface area contributed by atoms with Gasteiger partial charge in [0, 0.05) is 16.6 Å². The zero-order valence-corrected chi connectivity index (χ0v) is 13.7. The summed E-state index contributed by atoms with van der Waals surface area (Å²) in [5.74, 6) is 0. The number of halogens is 2. The van der Waals surface area contributed by atoms with Crippen LogP contribution in [0, 0.1) is 0 Å². The number of urea groups is 1. The van der Waals surface area contributed by atoms with Gasteiger partial charge in [0.25, 0.3) is 0 Å². The van der Waals surface area contributed by atoms with Crippen LogP contribution >= 0.6 is 23.2 Å². The van der Waals surface area contributed by atoms with Gasteiger partial charge in [-0.05, 0) is 31.0 Å². The number of carbonyl (C=O) groups is 1. The van der Waals surface area contributed by atoms with E-state index >= 15 is 0 Å². The number of carbonyl (C=O) groups excluding carboxylic acids is 1. The van der Waals surface area contributed by atoms with E-state index < -0.39 is 0 Å². The Bertz CT molecular complexity index is 510. The third-order valence-corrected chi connectivity index (χ3v) is 4.29. The Morgan fingerprint density at radius 3 is 2.95 bits per heavy atom. The molecule has 1 unspecified atom stereocenters. The first-order valence-electron chi connectivity index (χ1n) is 7.12. The van der Waals surface area contributed by atoms with E-state index in [-0.39, 0.29) is 18.1 Å². The normalized spacial score (nSPS) is 20.2. The molecule has 1 aromatic carbocycles. The van der Waals surface area contributed by atoms with Gasteiger partial charge in [0.2, 0.25) is 0 Å². The number of hydrogen-bond acceptors (Lipinski definition) is 2. The molecule has 1 aliphatic rings. The summed E-state index contributed by atoms with van der Waals surface area (Å²) in [6, 6.07) is 5.17. The van der Waals surface area contributed by atoms with Gasteiger partial charge >= 0.3 is 6.03 Å². The standard InChI is InChI=1S/C15H20Cl2N2O2/c1-3-12-9-21-7-6-19(12)15(20)18-10(2)13-5-4-11(16)8-14(13)17/h4-5,8,10,12H,3,6-7,9H2,1-2H3,(H,18,20)/t10-,12?/m1/s1. The highest BCUT2D eigenvalue weighted by atomic mass is 35.5. The van der Waals surface area contributed by atoms with Crippen LogP contribution in [0.25, 0.3) is 0 Å². The van der Waals surface area contributed by atoms with Crippen LogP contribution in [0.3, 0.4) is 0 Å². The Labute approximate surface area is 135 Å². The molecule has 2 amide bonds. The molecule has 6 heteroatoms. The molecule has 0 bridgehead atoms. The maximum absolute atomic E-state index is 12.4. The van der Waals surface area contributed by atoms with Gasteiger partial charge in [-0.2, -0.15) is 0 Å². The van der Waals surface area contributed by atoms with Crippen molar-refractivity contribution in [3.05, 3.63) is 33.8 Å².